The first-order chi connectivity index (χ1) is 10.8. The van der Waals surface area contributed by atoms with Crippen LogP contribution in [0.1, 0.15) is 44.5 Å². The molecule has 1 aliphatic rings. The number of benzene rings is 1. The molecule has 1 aromatic carbocycles. The number of rotatable bonds is 3. The van der Waals surface area contributed by atoms with E-state index in [2.05, 4.69) is 0 Å². The number of hydrogen-bond donors (Lipinski definition) is 0. The van der Waals surface area contributed by atoms with E-state index in [-0.39, 0.29) is 17.4 Å². The number of carbonyl (C=O) groups excluding carboxylic acids is 2. The second-order valence-corrected chi connectivity index (χ2v) is 6.77. The highest BCUT2D eigenvalue weighted by molar-refractivity contribution is 5.94. The van der Waals surface area contributed by atoms with E-state index >= 15 is 0 Å². The second kappa shape index (κ2) is 7.02. The van der Waals surface area contributed by atoms with Crippen LogP contribution in [0.2, 0.25) is 0 Å². The standard InChI is InChI=1S/C18H26N2O3/c1-5-16(21)19-10-12-20(13-11-19)17(22)14-6-8-15(9-7-14)23-18(2,3)4/h6-9H,5,10-13H2,1-4H3. The summed E-state index contributed by atoms with van der Waals surface area (Å²) in [7, 11) is 0. The Labute approximate surface area is 138 Å². The number of carbonyl (C=O) groups is 2. The smallest absolute Gasteiger partial charge is 0.253 e. The van der Waals surface area contributed by atoms with Crippen LogP contribution >= 0.6 is 0 Å². The minimum Gasteiger partial charge on any atom is -0.488 e. The van der Waals surface area contributed by atoms with Crippen molar-refractivity contribution in [3.05, 3.63) is 29.8 Å². The van der Waals surface area contributed by atoms with Gasteiger partial charge in [0.25, 0.3) is 5.91 Å². The first-order valence-corrected chi connectivity index (χ1v) is 8.16. The third-order valence-electron chi connectivity index (χ3n) is 3.75. The van der Waals surface area contributed by atoms with Crippen LogP contribution in [-0.2, 0) is 4.79 Å². The Hall–Kier alpha value is -2.04. The fraction of sp³-hybridized carbons (Fsp3) is 0.556. The molecule has 1 heterocycles. The average Bonchev–Trinajstić information content (AvgIpc) is 2.53. The van der Waals surface area contributed by atoms with Crippen molar-refractivity contribution in [1.29, 1.82) is 0 Å². The fourth-order valence-corrected chi connectivity index (χ4v) is 2.58. The molecule has 1 aromatic rings. The molecule has 1 fully saturated rings. The summed E-state index contributed by atoms with van der Waals surface area (Å²) in [6, 6.07) is 7.25. The Balaban J connectivity index is 1.95. The van der Waals surface area contributed by atoms with Gasteiger partial charge in [-0.25, -0.2) is 0 Å². The van der Waals surface area contributed by atoms with E-state index in [1.165, 1.54) is 0 Å². The summed E-state index contributed by atoms with van der Waals surface area (Å²) in [4.78, 5) is 27.8. The van der Waals surface area contributed by atoms with E-state index in [4.69, 9.17) is 4.74 Å². The molecule has 23 heavy (non-hydrogen) atoms. The summed E-state index contributed by atoms with van der Waals surface area (Å²) in [6.45, 7) is 10.2. The molecule has 1 saturated heterocycles. The zero-order valence-electron chi connectivity index (χ0n) is 14.5. The third-order valence-corrected chi connectivity index (χ3v) is 3.75. The predicted octanol–water partition coefficient (Wildman–Crippen LogP) is 2.56. The number of amides is 2. The summed E-state index contributed by atoms with van der Waals surface area (Å²) < 4.78 is 5.77. The summed E-state index contributed by atoms with van der Waals surface area (Å²) in [6.07, 6.45) is 0.517. The highest BCUT2D eigenvalue weighted by atomic mass is 16.5. The van der Waals surface area contributed by atoms with Gasteiger partial charge in [0.2, 0.25) is 5.91 Å². The van der Waals surface area contributed by atoms with Crippen LogP contribution in [0.4, 0.5) is 0 Å². The number of ether oxygens (including phenoxy) is 1. The van der Waals surface area contributed by atoms with E-state index < -0.39 is 0 Å². The molecule has 0 saturated carbocycles. The molecule has 1 aliphatic heterocycles. The molecule has 0 aromatic heterocycles. The SMILES string of the molecule is CCC(=O)N1CCN(C(=O)c2ccc(OC(C)(C)C)cc2)CC1. The molecule has 0 atom stereocenters. The van der Waals surface area contributed by atoms with Gasteiger partial charge in [0.15, 0.2) is 0 Å². The third kappa shape index (κ3) is 4.71. The molecule has 2 rings (SSSR count). The first kappa shape index (κ1) is 17.3. The lowest BCUT2D eigenvalue weighted by atomic mass is 10.1. The van der Waals surface area contributed by atoms with Gasteiger partial charge in [-0.3, -0.25) is 9.59 Å². The molecular formula is C18H26N2O3. The average molecular weight is 318 g/mol. The number of piperazine rings is 1. The first-order valence-electron chi connectivity index (χ1n) is 8.16. The Bertz CT molecular complexity index is 553. The van der Waals surface area contributed by atoms with Crippen molar-refractivity contribution < 1.29 is 14.3 Å². The quantitative estimate of drug-likeness (QED) is 0.860. The summed E-state index contributed by atoms with van der Waals surface area (Å²) in [5.74, 6) is 0.920. The van der Waals surface area contributed by atoms with Crippen LogP contribution in [0.15, 0.2) is 24.3 Å². The van der Waals surface area contributed by atoms with Crippen molar-refractivity contribution in [3.8, 4) is 5.75 Å². The van der Waals surface area contributed by atoms with Crippen molar-refractivity contribution in [3.63, 3.8) is 0 Å². The van der Waals surface area contributed by atoms with Gasteiger partial charge in [-0.15, -0.1) is 0 Å². The lowest BCUT2D eigenvalue weighted by Crippen LogP contribution is -2.50. The van der Waals surface area contributed by atoms with E-state index in [9.17, 15) is 9.59 Å². The molecule has 0 unspecified atom stereocenters. The Morgan fingerprint density at radius 3 is 2.00 bits per heavy atom. The van der Waals surface area contributed by atoms with Crippen molar-refractivity contribution in [2.45, 2.75) is 39.7 Å². The molecular weight excluding hydrogens is 292 g/mol. The van der Waals surface area contributed by atoms with Crippen LogP contribution in [0.25, 0.3) is 0 Å². The van der Waals surface area contributed by atoms with E-state index in [1.54, 1.807) is 17.0 Å². The highest BCUT2D eigenvalue weighted by Gasteiger charge is 2.24. The topological polar surface area (TPSA) is 49.9 Å². The molecule has 5 nitrogen and oxygen atoms in total. The zero-order chi connectivity index (χ0) is 17.0. The lowest BCUT2D eigenvalue weighted by Gasteiger charge is -2.34. The summed E-state index contributed by atoms with van der Waals surface area (Å²) in [5, 5.41) is 0. The van der Waals surface area contributed by atoms with E-state index in [0.717, 1.165) is 5.75 Å². The van der Waals surface area contributed by atoms with Crippen molar-refractivity contribution >= 4 is 11.8 Å². The number of hydrogen-bond acceptors (Lipinski definition) is 3. The lowest BCUT2D eigenvalue weighted by molar-refractivity contribution is -0.132. The minimum absolute atomic E-state index is 0.0101. The van der Waals surface area contributed by atoms with Gasteiger partial charge >= 0.3 is 0 Å². The van der Waals surface area contributed by atoms with Gasteiger partial charge in [-0.2, -0.15) is 0 Å². The van der Waals surface area contributed by atoms with Gasteiger partial charge < -0.3 is 14.5 Å². The highest BCUT2D eigenvalue weighted by Crippen LogP contribution is 2.19. The molecule has 2 amide bonds. The fourth-order valence-electron chi connectivity index (χ4n) is 2.58. The Kier molecular flexibility index (Phi) is 5.29. The molecule has 0 N–H and O–H groups in total. The van der Waals surface area contributed by atoms with Crippen LogP contribution in [0, 0.1) is 0 Å². The van der Waals surface area contributed by atoms with Gasteiger partial charge in [0.05, 0.1) is 0 Å². The maximum atomic E-state index is 12.5. The minimum atomic E-state index is -0.256. The summed E-state index contributed by atoms with van der Waals surface area (Å²) in [5.41, 5.74) is 0.398. The van der Waals surface area contributed by atoms with Gasteiger partial charge in [-0.05, 0) is 45.0 Å². The Morgan fingerprint density at radius 1 is 1.00 bits per heavy atom. The largest absolute Gasteiger partial charge is 0.488 e. The van der Waals surface area contributed by atoms with Crippen LogP contribution in [-0.4, -0.2) is 53.4 Å². The van der Waals surface area contributed by atoms with E-state index in [0.29, 0.717) is 38.2 Å². The molecule has 0 bridgehead atoms. The van der Waals surface area contributed by atoms with Gasteiger partial charge in [0, 0.05) is 38.2 Å². The Morgan fingerprint density at radius 2 is 1.52 bits per heavy atom. The normalized spacial score (nSPS) is 15.5. The van der Waals surface area contributed by atoms with Crippen molar-refractivity contribution in [1.82, 2.24) is 9.80 Å². The van der Waals surface area contributed by atoms with Gasteiger partial charge in [-0.1, -0.05) is 6.92 Å². The number of nitrogens with zero attached hydrogens (tertiary/aromatic N) is 2. The maximum Gasteiger partial charge on any atom is 0.253 e. The molecule has 5 heteroatoms. The zero-order valence-corrected chi connectivity index (χ0v) is 14.5. The molecule has 0 spiro atoms. The van der Waals surface area contributed by atoms with Crippen LogP contribution in [0.5, 0.6) is 5.75 Å². The van der Waals surface area contributed by atoms with Gasteiger partial charge in [0.1, 0.15) is 11.4 Å². The van der Waals surface area contributed by atoms with Crippen molar-refractivity contribution in [2.75, 3.05) is 26.2 Å². The van der Waals surface area contributed by atoms with Crippen molar-refractivity contribution in [2.24, 2.45) is 0 Å². The van der Waals surface area contributed by atoms with Crippen LogP contribution < -0.4 is 4.74 Å². The second-order valence-electron chi connectivity index (χ2n) is 6.77. The van der Waals surface area contributed by atoms with E-state index in [1.807, 2.05) is 44.7 Å². The molecule has 0 aliphatic carbocycles. The maximum absolute atomic E-state index is 12.5. The molecule has 0 radical (unpaired) electrons. The predicted molar refractivity (Wildman–Crippen MR) is 89.6 cm³/mol. The molecule has 126 valence electrons. The monoisotopic (exact) mass is 318 g/mol. The van der Waals surface area contributed by atoms with Crippen LogP contribution in [0.3, 0.4) is 0 Å². The summed E-state index contributed by atoms with van der Waals surface area (Å²) >= 11 is 0.